The Labute approximate surface area is 108 Å². The maximum absolute atomic E-state index is 11.4. The van der Waals surface area contributed by atoms with Gasteiger partial charge in [0.1, 0.15) is 5.25 Å². The molecular weight excluding hydrogens is 254 g/mol. The topological polar surface area (TPSA) is 99.1 Å². The molecule has 0 spiro atoms. The number of hydrogen-bond acceptors (Lipinski definition) is 6. The second-order valence-corrected chi connectivity index (χ2v) is 8.06. The summed E-state index contributed by atoms with van der Waals surface area (Å²) in [6.45, 7) is 7.60. The summed E-state index contributed by atoms with van der Waals surface area (Å²) >= 11 is 0. The van der Waals surface area contributed by atoms with E-state index in [9.17, 15) is 8.42 Å². The minimum atomic E-state index is -3.22. The van der Waals surface area contributed by atoms with Gasteiger partial charge in [-0.2, -0.15) is 4.98 Å². The molecule has 18 heavy (non-hydrogen) atoms. The highest BCUT2D eigenvalue weighted by Crippen LogP contribution is 2.22. The Hall–Kier alpha value is -0.950. The molecule has 0 amide bonds. The third-order valence-electron chi connectivity index (χ3n) is 3.00. The third-order valence-corrected chi connectivity index (χ3v) is 4.49. The maximum Gasteiger partial charge on any atom is 0.228 e. The predicted molar refractivity (Wildman–Crippen MR) is 68.7 cm³/mol. The summed E-state index contributed by atoms with van der Waals surface area (Å²) in [5, 5.41) is 2.93. The molecule has 2 unspecified atom stereocenters. The second-order valence-electron chi connectivity index (χ2n) is 5.69. The third kappa shape index (κ3) is 3.78. The quantitative estimate of drug-likeness (QED) is 0.883. The van der Waals surface area contributed by atoms with Crippen molar-refractivity contribution in [2.24, 2.45) is 11.1 Å². The van der Waals surface area contributed by atoms with E-state index in [1.807, 2.05) is 20.8 Å². The fourth-order valence-electron chi connectivity index (χ4n) is 1.20. The SMILES string of the molecule is CC(c1noc(CC(N)C(C)(C)C)n1)S(C)(=O)=O. The Balaban J connectivity index is 2.82. The predicted octanol–water partition coefficient (Wildman–Crippen LogP) is 1.09. The van der Waals surface area contributed by atoms with Gasteiger partial charge in [0, 0.05) is 18.7 Å². The first-order valence-corrected chi connectivity index (χ1v) is 7.74. The number of aromatic nitrogens is 2. The molecule has 2 atom stereocenters. The molecule has 0 aromatic carbocycles. The van der Waals surface area contributed by atoms with Gasteiger partial charge in [-0.25, -0.2) is 8.42 Å². The number of hydrogen-bond donors (Lipinski definition) is 1. The van der Waals surface area contributed by atoms with Crippen molar-refractivity contribution >= 4 is 9.84 Å². The molecule has 6 nitrogen and oxygen atoms in total. The van der Waals surface area contributed by atoms with Crippen molar-refractivity contribution in [2.75, 3.05) is 6.26 Å². The number of nitrogens with two attached hydrogens (primary N) is 1. The van der Waals surface area contributed by atoms with Crippen LogP contribution in [0.3, 0.4) is 0 Å². The molecule has 2 N–H and O–H groups in total. The molecule has 0 aliphatic rings. The lowest BCUT2D eigenvalue weighted by atomic mass is 9.85. The van der Waals surface area contributed by atoms with Crippen molar-refractivity contribution in [1.82, 2.24) is 10.1 Å². The summed E-state index contributed by atoms with van der Waals surface area (Å²) in [4.78, 5) is 4.09. The highest BCUT2D eigenvalue weighted by atomic mass is 32.2. The van der Waals surface area contributed by atoms with Crippen LogP contribution in [-0.4, -0.2) is 30.9 Å². The van der Waals surface area contributed by atoms with E-state index >= 15 is 0 Å². The van der Waals surface area contributed by atoms with Crippen LogP contribution in [0.4, 0.5) is 0 Å². The molecule has 7 heteroatoms. The van der Waals surface area contributed by atoms with Gasteiger partial charge < -0.3 is 10.3 Å². The molecule has 0 saturated carbocycles. The van der Waals surface area contributed by atoms with E-state index in [4.69, 9.17) is 10.3 Å². The molecular formula is C11H21N3O3S. The van der Waals surface area contributed by atoms with Crippen LogP contribution in [0.15, 0.2) is 4.52 Å². The minimum absolute atomic E-state index is 0.0723. The average molecular weight is 275 g/mol. The molecule has 1 aromatic heterocycles. The molecule has 0 fully saturated rings. The highest BCUT2D eigenvalue weighted by molar-refractivity contribution is 7.90. The van der Waals surface area contributed by atoms with Crippen LogP contribution in [-0.2, 0) is 16.3 Å². The van der Waals surface area contributed by atoms with Gasteiger partial charge >= 0.3 is 0 Å². The van der Waals surface area contributed by atoms with E-state index in [0.29, 0.717) is 12.3 Å². The van der Waals surface area contributed by atoms with E-state index in [0.717, 1.165) is 6.26 Å². The molecule has 0 aliphatic carbocycles. The molecule has 0 bridgehead atoms. The maximum atomic E-state index is 11.4. The monoisotopic (exact) mass is 275 g/mol. The Morgan fingerprint density at radius 2 is 1.94 bits per heavy atom. The van der Waals surface area contributed by atoms with Gasteiger partial charge in [0.2, 0.25) is 5.89 Å². The Kier molecular flexibility index (Phi) is 4.17. The molecule has 1 aromatic rings. The van der Waals surface area contributed by atoms with E-state index < -0.39 is 15.1 Å². The summed E-state index contributed by atoms with van der Waals surface area (Å²) in [5.41, 5.74) is 5.94. The first-order valence-electron chi connectivity index (χ1n) is 5.78. The van der Waals surface area contributed by atoms with Crippen molar-refractivity contribution in [2.45, 2.75) is 45.4 Å². The van der Waals surface area contributed by atoms with Crippen molar-refractivity contribution < 1.29 is 12.9 Å². The second kappa shape index (κ2) is 4.97. The van der Waals surface area contributed by atoms with Crippen molar-refractivity contribution in [3.8, 4) is 0 Å². The molecule has 0 radical (unpaired) electrons. The Morgan fingerprint density at radius 3 is 2.39 bits per heavy atom. The molecule has 0 aliphatic heterocycles. The van der Waals surface area contributed by atoms with Gasteiger partial charge in [0.05, 0.1) is 0 Å². The lowest BCUT2D eigenvalue weighted by molar-refractivity contribution is 0.285. The largest absolute Gasteiger partial charge is 0.339 e. The number of rotatable bonds is 4. The first-order chi connectivity index (χ1) is 8.01. The summed E-state index contributed by atoms with van der Waals surface area (Å²) in [7, 11) is -3.22. The molecule has 1 heterocycles. The average Bonchev–Trinajstić information content (AvgIpc) is 2.62. The summed E-state index contributed by atoms with van der Waals surface area (Å²) in [6.07, 6.45) is 1.58. The van der Waals surface area contributed by atoms with Crippen LogP contribution in [0.25, 0.3) is 0 Å². The van der Waals surface area contributed by atoms with Gasteiger partial charge in [0.15, 0.2) is 15.7 Å². The number of nitrogens with zero attached hydrogens (tertiary/aromatic N) is 2. The fraction of sp³-hybridized carbons (Fsp3) is 0.818. The lowest BCUT2D eigenvalue weighted by Crippen LogP contribution is -2.37. The summed E-state index contributed by atoms with van der Waals surface area (Å²) in [6, 6.07) is -0.126. The minimum Gasteiger partial charge on any atom is -0.339 e. The standard InChI is InChI=1S/C11H21N3O3S/c1-7(18(5,15)16)10-13-9(17-14-10)6-8(12)11(2,3)4/h7-8H,6,12H2,1-5H3. The molecule has 104 valence electrons. The van der Waals surface area contributed by atoms with E-state index in [1.54, 1.807) is 0 Å². The van der Waals surface area contributed by atoms with Crippen LogP contribution in [0.2, 0.25) is 0 Å². The van der Waals surface area contributed by atoms with Crippen LogP contribution in [0.1, 0.15) is 44.7 Å². The summed E-state index contributed by atoms with van der Waals surface area (Å²) < 4.78 is 27.8. The normalized spacial score (nSPS) is 16.6. The Morgan fingerprint density at radius 1 is 1.39 bits per heavy atom. The zero-order valence-corrected chi connectivity index (χ0v) is 12.3. The van der Waals surface area contributed by atoms with Gasteiger partial charge in [-0.15, -0.1) is 0 Å². The van der Waals surface area contributed by atoms with Gasteiger partial charge in [-0.1, -0.05) is 25.9 Å². The van der Waals surface area contributed by atoms with Gasteiger partial charge in [-0.3, -0.25) is 0 Å². The van der Waals surface area contributed by atoms with Gasteiger partial charge in [-0.05, 0) is 12.3 Å². The molecule has 1 rings (SSSR count). The Bertz CT molecular complexity index is 502. The highest BCUT2D eigenvalue weighted by Gasteiger charge is 2.26. The zero-order valence-electron chi connectivity index (χ0n) is 11.5. The van der Waals surface area contributed by atoms with Crippen LogP contribution in [0, 0.1) is 5.41 Å². The molecule has 0 saturated heterocycles. The summed E-state index contributed by atoms with van der Waals surface area (Å²) in [5.74, 6) is 0.566. The van der Waals surface area contributed by atoms with Crippen LogP contribution in [0.5, 0.6) is 0 Å². The van der Waals surface area contributed by atoms with Crippen molar-refractivity contribution in [1.29, 1.82) is 0 Å². The zero-order chi connectivity index (χ0) is 14.1. The van der Waals surface area contributed by atoms with Crippen LogP contribution < -0.4 is 5.73 Å². The lowest BCUT2D eigenvalue weighted by Gasteiger charge is -2.25. The van der Waals surface area contributed by atoms with Crippen LogP contribution >= 0.6 is 0 Å². The fourth-order valence-corrected chi connectivity index (χ4v) is 1.68. The van der Waals surface area contributed by atoms with Crippen molar-refractivity contribution in [3.05, 3.63) is 11.7 Å². The van der Waals surface area contributed by atoms with E-state index in [2.05, 4.69) is 10.1 Å². The van der Waals surface area contributed by atoms with E-state index in [1.165, 1.54) is 6.92 Å². The smallest absolute Gasteiger partial charge is 0.228 e. The number of sulfone groups is 1. The first kappa shape index (κ1) is 15.1. The van der Waals surface area contributed by atoms with E-state index in [-0.39, 0.29) is 17.3 Å². The van der Waals surface area contributed by atoms with Crippen molar-refractivity contribution in [3.63, 3.8) is 0 Å². The van der Waals surface area contributed by atoms with Gasteiger partial charge in [0.25, 0.3) is 0 Å².